The topological polar surface area (TPSA) is 56.3 Å². The van der Waals surface area contributed by atoms with Gasteiger partial charge in [0.25, 0.3) is 0 Å². The zero-order chi connectivity index (χ0) is 14.3. The largest absolute Gasteiger partial charge is 0.367 e. The molecule has 1 aromatic rings. The quantitative estimate of drug-likeness (QED) is 0.896. The van der Waals surface area contributed by atoms with E-state index in [1.807, 2.05) is 24.1 Å². The molecule has 108 valence electrons. The summed E-state index contributed by atoms with van der Waals surface area (Å²) in [7, 11) is 1.93. The predicted molar refractivity (Wildman–Crippen MR) is 75.8 cm³/mol. The molecule has 1 fully saturated rings. The Morgan fingerprint density at radius 3 is 2.32 bits per heavy atom. The number of aromatic nitrogens is 2. The summed E-state index contributed by atoms with van der Waals surface area (Å²) in [5.74, 6) is 0. The molecule has 5 heteroatoms. The summed E-state index contributed by atoms with van der Waals surface area (Å²) in [6.45, 7) is 10.9. The monoisotopic (exact) mass is 266 g/mol. The lowest BCUT2D eigenvalue weighted by Crippen LogP contribution is -2.58. The van der Waals surface area contributed by atoms with Gasteiger partial charge in [0.1, 0.15) is 0 Å². The Hall–Kier alpha value is -0.910. The molecule has 1 saturated heterocycles. The Morgan fingerprint density at radius 2 is 1.89 bits per heavy atom. The second-order valence-corrected chi connectivity index (χ2v) is 6.73. The maximum Gasteiger partial charge on any atom is 0.0761 e. The molecule has 0 saturated carbocycles. The molecule has 2 heterocycles. The van der Waals surface area contributed by atoms with Crippen molar-refractivity contribution in [3.8, 4) is 0 Å². The molecule has 2 N–H and O–H groups in total. The van der Waals surface area contributed by atoms with E-state index < -0.39 is 0 Å². The van der Waals surface area contributed by atoms with Gasteiger partial charge in [-0.05, 0) is 27.7 Å². The number of ether oxygens (including phenoxy) is 1. The first kappa shape index (κ1) is 14.5. The van der Waals surface area contributed by atoms with Gasteiger partial charge in [-0.3, -0.25) is 9.58 Å². The molecule has 1 aromatic heterocycles. The van der Waals surface area contributed by atoms with Gasteiger partial charge in [-0.1, -0.05) is 0 Å². The minimum Gasteiger partial charge on any atom is -0.367 e. The fraction of sp³-hybridized carbons (Fsp3) is 0.786. The van der Waals surface area contributed by atoms with E-state index in [1.54, 1.807) is 0 Å². The van der Waals surface area contributed by atoms with Crippen LogP contribution in [0.1, 0.15) is 39.3 Å². The third kappa shape index (κ3) is 3.35. The van der Waals surface area contributed by atoms with E-state index in [0.717, 1.165) is 13.1 Å². The number of hydrogen-bond donors (Lipinski definition) is 1. The number of hydrogen-bond acceptors (Lipinski definition) is 4. The van der Waals surface area contributed by atoms with Crippen molar-refractivity contribution in [3.63, 3.8) is 0 Å². The van der Waals surface area contributed by atoms with Crippen molar-refractivity contribution in [3.05, 3.63) is 18.0 Å². The fourth-order valence-corrected chi connectivity index (χ4v) is 3.18. The first-order valence-electron chi connectivity index (χ1n) is 6.85. The molecular formula is C14H26N4O. The molecule has 0 radical (unpaired) electrons. The van der Waals surface area contributed by atoms with Crippen LogP contribution in [0, 0.1) is 0 Å². The summed E-state index contributed by atoms with van der Waals surface area (Å²) in [6.07, 6.45) is 3.96. The van der Waals surface area contributed by atoms with Gasteiger partial charge < -0.3 is 10.5 Å². The lowest BCUT2D eigenvalue weighted by atomic mass is 9.96. The number of nitrogens with two attached hydrogens (primary N) is 1. The average molecular weight is 266 g/mol. The van der Waals surface area contributed by atoms with Crippen molar-refractivity contribution < 1.29 is 4.74 Å². The zero-order valence-corrected chi connectivity index (χ0v) is 12.7. The van der Waals surface area contributed by atoms with Crippen LogP contribution in [0.5, 0.6) is 0 Å². The SMILES string of the molecule is Cn1cc(C(CN)N2CC(C)(C)OC(C)(C)C2)cn1. The van der Waals surface area contributed by atoms with Gasteiger partial charge in [0.15, 0.2) is 0 Å². The smallest absolute Gasteiger partial charge is 0.0761 e. The minimum atomic E-state index is -0.155. The highest BCUT2D eigenvalue weighted by atomic mass is 16.5. The Morgan fingerprint density at radius 1 is 1.32 bits per heavy atom. The second-order valence-electron chi connectivity index (χ2n) is 6.73. The van der Waals surface area contributed by atoms with Crippen LogP contribution in [0.25, 0.3) is 0 Å². The molecule has 2 rings (SSSR count). The molecule has 0 bridgehead atoms. The van der Waals surface area contributed by atoms with Gasteiger partial charge in [0, 0.05) is 38.4 Å². The average Bonchev–Trinajstić information content (AvgIpc) is 2.61. The van der Waals surface area contributed by atoms with Crippen molar-refractivity contribution >= 4 is 0 Å². The Bertz CT molecular complexity index is 422. The van der Waals surface area contributed by atoms with Crippen LogP contribution >= 0.6 is 0 Å². The van der Waals surface area contributed by atoms with Gasteiger partial charge in [-0.2, -0.15) is 5.10 Å². The maximum atomic E-state index is 6.12. The molecule has 0 spiro atoms. The van der Waals surface area contributed by atoms with Crippen molar-refractivity contribution in [2.45, 2.75) is 44.9 Å². The summed E-state index contributed by atoms with van der Waals surface area (Å²) in [4.78, 5) is 2.42. The lowest BCUT2D eigenvalue weighted by Gasteiger charge is -2.49. The van der Waals surface area contributed by atoms with E-state index in [4.69, 9.17) is 10.5 Å². The molecule has 0 aliphatic carbocycles. The van der Waals surface area contributed by atoms with Gasteiger partial charge in [0.2, 0.25) is 0 Å². The lowest BCUT2D eigenvalue weighted by molar-refractivity contribution is -0.187. The summed E-state index contributed by atoms with van der Waals surface area (Å²) in [5.41, 5.74) is 6.87. The summed E-state index contributed by atoms with van der Waals surface area (Å²) >= 11 is 0. The first-order valence-corrected chi connectivity index (χ1v) is 6.85. The normalized spacial score (nSPS) is 24.3. The second kappa shape index (κ2) is 4.89. The molecule has 0 amide bonds. The number of nitrogens with zero attached hydrogens (tertiary/aromatic N) is 3. The van der Waals surface area contributed by atoms with Crippen molar-refractivity contribution in [1.82, 2.24) is 14.7 Å². The van der Waals surface area contributed by atoms with E-state index in [2.05, 4.69) is 37.7 Å². The number of rotatable bonds is 3. The van der Waals surface area contributed by atoms with Crippen molar-refractivity contribution in [2.75, 3.05) is 19.6 Å². The van der Waals surface area contributed by atoms with Gasteiger partial charge in [0.05, 0.1) is 23.4 Å². The Balaban J connectivity index is 2.23. The van der Waals surface area contributed by atoms with Crippen molar-refractivity contribution in [2.24, 2.45) is 12.8 Å². The Labute approximate surface area is 115 Å². The summed E-state index contributed by atoms with van der Waals surface area (Å²) in [5, 5.41) is 4.26. The van der Waals surface area contributed by atoms with Gasteiger partial charge in [-0.15, -0.1) is 0 Å². The van der Waals surface area contributed by atoms with E-state index in [9.17, 15) is 0 Å². The van der Waals surface area contributed by atoms with Gasteiger partial charge in [-0.25, -0.2) is 0 Å². The first-order chi connectivity index (χ1) is 8.72. The Kier molecular flexibility index (Phi) is 3.73. The van der Waals surface area contributed by atoms with E-state index in [1.165, 1.54) is 5.56 Å². The molecule has 1 atom stereocenters. The molecule has 1 unspecified atom stereocenters. The van der Waals surface area contributed by atoms with Crippen LogP contribution in [-0.4, -0.2) is 45.5 Å². The summed E-state index contributed by atoms with van der Waals surface area (Å²) < 4.78 is 7.95. The molecule has 19 heavy (non-hydrogen) atoms. The minimum absolute atomic E-state index is 0.155. The maximum absolute atomic E-state index is 6.12. The van der Waals surface area contributed by atoms with Crippen LogP contribution in [0.3, 0.4) is 0 Å². The van der Waals surface area contributed by atoms with E-state index in [-0.39, 0.29) is 17.2 Å². The van der Waals surface area contributed by atoms with E-state index >= 15 is 0 Å². The highest BCUT2D eigenvalue weighted by molar-refractivity contribution is 5.12. The highest BCUT2D eigenvalue weighted by Gasteiger charge is 2.40. The number of morpholine rings is 1. The molecule has 1 aliphatic heterocycles. The standard InChI is InChI=1S/C14H26N4O/c1-13(2)9-18(10-14(3,4)19-13)12(6-15)11-7-16-17(5)8-11/h7-8,12H,6,9-10,15H2,1-5H3. The van der Waals surface area contributed by atoms with Crippen molar-refractivity contribution in [1.29, 1.82) is 0 Å². The third-order valence-corrected chi connectivity index (χ3v) is 3.49. The molecule has 5 nitrogen and oxygen atoms in total. The van der Waals surface area contributed by atoms with E-state index in [0.29, 0.717) is 6.54 Å². The number of aryl methyl sites for hydroxylation is 1. The molecule has 0 aromatic carbocycles. The fourth-order valence-electron chi connectivity index (χ4n) is 3.18. The molecular weight excluding hydrogens is 240 g/mol. The van der Waals surface area contributed by atoms with Crippen LogP contribution in [0.4, 0.5) is 0 Å². The third-order valence-electron chi connectivity index (χ3n) is 3.49. The highest BCUT2D eigenvalue weighted by Crippen LogP contribution is 2.33. The summed E-state index contributed by atoms with van der Waals surface area (Å²) in [6, 6.07) is 0.205. The van der Waals surface area contributed by atoms with Crippen LogP contribution in [-0.2, 0) is 11.8 Å². The van der Waals surface area contributed by atoms with Crippen LogP contribution < -0.4 is 5.73 Å². The van der Waals surface area contributed by atoms with Crippen LogP contribution in [0.2, 0.25) is 0 Å². The zero-order valence-electron chi connectivity index (χ0n) is 12.7. The van der Waals surface area contributed by atoms with Gasteiger partial charge >= 0.3 is 0 Å². The van der Waals surface area contributed by atoms with Crippen LogP contribution in [0.15, 0.2) is 12.4 Å². The predicted octanol–water partition coefficient (Wildman–Crippen LogP) is 1.31. The molecule has 1 aliphatic rings.